The second kappa shape index (κ2) is 9.73. The van der Waals surface area contributed by atoms with Gasteiger partial charge in [-0.15, -0.1) is 0 Å². The van der Waals surface area contributed by atoms with Crippen LogP contribution in [-0.4, -0.2) is 42.8 Å². The van der Waals surface area contributed by atoms with Crippen molar-refractivity contribution in [3.05, 3.63) is 53.6 Å². The number of nitrogens with zero attached hydrogens (tertiary/aromatic N) is 3. The molecule has 0 unspecified atom stereocenters. The second-order valence-corrected chi connectivity index (χ2v) is 7.80. The molecule has 2 aromatic rings. The van der Waals surface area contributed by atoms with Gasteiger partial charge in [-0.25, -0.2) is 4.98 Å². The van der Waals surface area contributed by atoms with Crippen molar-refractivity contribution >= 4 is 5.96 Å². The third-order valence-electron chi connectivity index (χ3n) is 5.83. The quantitative estimate of drug-likeness (QED) is 0.516. The molecule has 6 heteroatoms. The topological polar surface area (TPSA) is 63.5 Å². The fraction of sp³-hybridized carbons (Fsp3) is 0.545. The van der Waals surface area contributed by atoms with Crippen molar-refractivity contribution in [3.63, 3.8) is 0 Å². The average molecular weight is 384 g/mol. The lowest BCUT2D eigenvalue weighted by atomic mass is 9.67. The molecule has 1 aliphatic carbocycles. The zero-order chi connectivity index (χ0) is 19.8. The van der Waals surface area contributed by atoms with Crippen LogP contribution in [0.5, 0.6) is 0 Å². The van der Waals surface area contributed by atoms with Crippen LogP contribution >= 0.6 is 0 Å². The van der Waals surface area contributed by atoms with E-state index in [0.29, 0.717) is 5.41 Å². The molecule has 0 amide bonds. The van der Waals surface area contributed by atoms with Crippen molar-refractivity contribution in [2.24, 2.45) is 10.4 Å². The van der Waals surface area contributed by atoms with Gasteiger partial charge in [0.25, 0.3) is 0 Å². The molecule has 152 valence electrons. The highest BCUT2D eigenvalue weighted by atomic mass is 16.5. The zero-order valence-corrected chi connectivity index (χ0v) is 17.4. The SMILES string of the molecule is CN=C(NCc1cccc(Cn2ccnc2C)c1)NCC1(CCOC)CCC1. The predicted molar refractivity (Wildman–Crippen MR) is 113 cm³/mol. The van der Waals surface area contributed by atoms with Gasteiger partial charge in [-0.3, -0.25) is 4.99 Å². The summed E-state index contributed by atoms with van der Waals surface area (Å²) in [6.07, 6.45) is 8.85. The number of aryl methyl sites for hydroxylation is 1. The van der Waals surface area contributed by atoms with E-state index in [2.05, 4.69) is 49.4 Å². The number of hydrogen-bond acceptors (Lipinski definition) is 3. The first-order chi connectivity index (χ1) is 13.6. The van der Waals surface area contributed by atoms with Gasteiger partial charge in [0.05, 0.1) is 0 Å². The Balaban J connectivity index is 1.51. The number of rotatable bonds is 9. The molecule has 0 spiro atoms. The fourth-order valence-electron chi connectivity index (χ4n) is 3.79. The van der Waals surface area contributed by atoms with Gasteiger partial charge in [-0.2, -0.15) is 0 Å². The van der Waals surface area contributed by atoms with E-state index in [1.54, 1.807) is 7.11 Å². The number of aromatic nitrogens is 2. The van der Waals surface area contributed by atoms with Crippen molar-refractivity contribution in [2.75, 3.05) is 27.3 Å². The molecule has 0 aliphatic heterocycles. The summed E-state index contributed by atoms with van der Waals surface area (Å²) in [5.74, 6) is 1.89. The standard InChI is InChI=1S/C22H33N5O/c1-18-24-11-12-27(18)16-20-7-4-6-19(14-20)15-25-21(23-2)26-17-22(8-5-9-22)10-13-28-3/h4,6-7,11-12,14H,5,8-10,13,15-17H2,1-3H3,(H2,23,25,26). The van der Waals surface area contributed by atoms with Gasteiger partial charge in [-0.1, -0.05) is 30.7 Å². The summed E-state index contributed by atoms with van der Waals surface area (Å²) in [7, 11) is 3.61. The highest BCUT2D eigenvalue weighted by Crippen LogP contribution is 2.43. The van der Waals surface area contributed by atoms with E-state index < -0.39 is 0 Å². The molecule has 0 bridgehead atoms. The van der Waals surface area contributed by atoms with E-state index in [0.717, 1.165) is 44.4 Å². The van der Waals surface area contributed by atoms with Crippen LogP contribution in [0.25, 0.3) is 0 Å². The van der Waals surface area contributed by atoms with Crippen molar-refractivity contribution in [3.8, 4) is 0 Å². The van der Waals surface area contributed by atoms with Crippen LogP contribution in [0.2, 0.25) is 0 Å². The maximum absolute atomic E-state index is 5.29. The zero-order valence-electron chi connectivity index (χ0n) is 17.4. The molecular weight excluding hydrogens is 350 g/mol. The van der Waals surface area contributed by atoms with E-state index in [9.17, 15) is 0 Å². The summed E-state index contributed by atoms with van der Waals surface area (Å²) in [5.41, 5.74) is 2.89. The first-order valence-electron chi connectivity index (χ1n) is 10.1. The highest BCUT2D eigenvalue weighted by molar-refractivity contribution is 5.79. The Hall–Kier alpha value is -2.34. The van der Waals surface area contributed by atoms with Gasteiger partial charge < -0.3 is 19.9 Å². The van der Waals surface area contributed by atoms with E-state index >= 15 is 0 Å². The molecule has 3 rings (SSSR count). The first-order valence-corrected chi connectivity index (χ1v) is 10.1. The number of benzene rings is 1. The van der Waals surface area contributed by atoms with E-state index in [-0.39, 0.29) is 0 Å². The third-order valence-corrected chi connectivity index (χ3v) is 5.83. The summed E-state index contributed by atoms with van der Waals surface area (Å²) in [5, 5.41) is 6.97. The van der Waals surface area contributed by atoms with Gasteiger partial charge >= 0.3 is 0 Å². The van der Waals surface area contributed by atoms with Crippen LogP contribution in [0.4, 0.5) is 0 Å². The molecule has 1 fully saturated rings. The van der Waals surface area contributed by atoms with Crippen LogP contribution in [0.3, 0.4) is 0 Å². The molecule has 1 aliphatic rings. The third kappa shape index (κ3) is 5.35. The number of aliphatic imine (C=N–C) groups is 1. The van der Waals surface area contributed by atoms with Crippen LogP contribution in [0.15, 0.2) is 41.7 Å². The maximum atomic E-state index is 5.29. The number of ether oxygens (including phenoxy) is 1. The number of hydrogen-bond donors (Lipinski definition) is 2. The Morgan fingerprint density at radius 3 is 2.75 bits per heavy atom. The molecule has 0 radical (unpaired) electrons. The van der Waals surface area contributed by atoms with Crippen LogP contribution in [0.1, 0.15) is 42.6 Å². The Kier molecular flexibility index (Phi) is 7.09. The molecule has 2 N–H and O–H groups in total. The molecule has 6 nitrogen and oxygen atoms in total. The van der Waals surface area contributed by atoms with E-state index in [1.807, 2.05) is 26.4 Å². The lowest BCUT2D eigenvalue weighted by molar-refractivity contribution is 0.0732. The molecule has 1 saturated carbocycles. The summed E-state index contributed by atoms with van der Waals surface area (Å²) >= 11 is 0. The Morgan fingerprint density at radius 1 is 1.29 bits per heavy atom. The maximum Gasteiger partial charge on any atom is 0.191 e. The molecule has 1 aromatic heterocycles. The minimum Gasteiger partial charge on any atom is -0.385 e. The second-order valence-electron chi connectivity index (χ2n) is 7.80. The Labute approximate surface area is 168 Å². The minimum absolute atomic E-state index is 0.371. The predicted octanol–water partition coefficient (Wildman–Crippen LogP) is 3.11. The molecule has 1 aromatic carbocycles. The normalized spacial score (nSPS) is 15.9. The molecule has 0 atom stereocenters. The van der Waals surface area contributed by atoms with Gasteiger partial charge in [0.15, 0.2) is 5.96 Å². The lowest BCUT2D eigenvalue weighted by Gasteiger charge is -2.42. The van der Waals surface area contributed by atoms with Gasteiger partial charge in [-0.05, 0) is 42.7 Å². The van der Waals surface area contributed by atoms with Gasteiger partial charge in [0.2, 0.25) is 0 Å². The summed E-state index contributed by atoms with van der Waals surface area (Å²) in [6, 6.07) is 8.66. The van der Waals surface area contributed by atoms with Crippen LogP contribution in [0, 0.1) is 12.3 Å². The van der Waals surface area contributed by atoms with E-state index in [4.69, 9.17) is 4.74 Å². The monoisotopic (exact) mass is 383 g/mol. The molecular formula is C22H33N5O. The van der Waals surface area contributed by atoms with Crippen LogP contribution in [-0.2, 0) is 17.8 Å². The summed E-state index contributed by atoms with van der Waals surface area (Å²) < 4.78 is 7.45. The lowest BCUT2D eigenvalue weighted by Crippen LogP contribution is -2.46. The minimum atomic E-state index is 0.371. The largest absolute Gasteiger partial charge is 0.385 e. The smallest absolute Gasteiger partial charge is 0.191 e. The van der Waals surface area contributed by atoms with Crippen LogP contribution < -0.4 is 10.6 Å². The average Bonchev–Trinajstić information content (AvgIpc) is 3.08. The van der Waals surface area contributed by atoms with Crippen molar-refractivity contribution in [1.82, 2.24) is 20.2 Å². The van der Waals surface area contributed by atoms with E-state index in [1.165, 1.54) is 30.4 Å². The number of nitrogens with one attached hydrogen (secondary N) is 2. The molecule has 0 saturated heterocycles. The van der Waals surface area contributed by atoms with Crippen molar-refractivity contribution in [2.45, 2.75) is 45.7 Å². The van der Waals surface area contributed by atoms with Crippen molar-refractivity contribution < 1.29 is 4.74 Å². The molecule has 28 heavy (non-hydrogen) atoms. The number of methoxy groups -OCH3 is 1. The Bertz CT molecular complexity index is 779. The molecule has 1 heterocycles. The summed E-state index contributed by atoms with van der Waals surface area (Å²) in [6.45, 7) is 5.41. The van der Waals surface area contributed by atoms with Crippen molar-refractivity contribution in [1.29, 1.82) is 0 Å². The Morgan fingerprint density at radius 2 is 2.11 bits per heavy atom. The number of imidazole rings is 1. The highest BCUT2D eigenvalue weighted by Gasteiger charge is 2.36. The van der Waals surface area contributed by atoms with Gasteiger partial charge in [0, 0.05) is 52.8 Å². The van der Waals surface area contributed by atoms with Gasteiger partial charge in [0.1, 0.15) is 5.82 Å². The summed E-state index contributed by atoms with van der Waals surface area (Å²) in [4.78, 5) is 8.69. The first kappa shape index (κ1) is 20.4. The number of guanidine groups is 1. The fourth-order valence-corrected chi connectivity index (χ4v) is 3.79.